The Balaban J connectivity index is 1.54. The van der Waals surface area contributed by atoms with Crippen LogP contribution in [0.3, 0.4) is 0 Å². The van der Waals surface area contributed by atoms with E-state index in [1.54, 1.807) is 17.4 Å². The summed E-state index contributed by atoms with van der Waals surface area (Å²) in [6.45, 7) is 0.369. The minimum atomic E-state index is -0.343. The summed E-state index contributed by atoms with van der Waals surface area (Å²) in [4.78, 5) is 15.0. The van der Waals surface area contributed by atoms with Crippen molar-refractivity contribution < 1.29 is 9.21 Å². The summed E-state index contributed by atoms with van der Waals surface area (Å²) in [5.41, 5.74) is 3.34. The largest absolute Gasteiger partial charge is 0.467 e. The summed E-state index contributed by atoms with van der Waals surface area (Å²) in [6, 6.07) is 21.1. The van der Waals surface area contributed by atoms with Crippen molar-refractivity contribution in [2.45, 2.75) is 12.7 Å². The van der Waals surface area contributed by atoms with Gasteiger partial charge in [0.05, 0.1) is 30.3 Å². The molecule has 2 aromatic carbocycles. The first-order valence-electron chi connectivity index (χ1n) is 9.08. The van der Waals surface area contributed by atoms with Gasteiger partial charge in [0.25, 0.3) is 5.91 Å². The lowest BCUT2D eigenvalue weighted by Gasteiger charge is -2.37. The zero-order valence-electron chi connectivity index (χ0n) is 15.0. The van der Waals surface area contributed by atoms with Crippen molar-refractivity contribution in [2.24, 2.45) is 0 Å². The first kappa shape index (κ1) is 16.4. The van der Waals surface area contributed by atoms with E-state index in [-0.39, 0.29) is 12.1 Å². The number of hydrogen-bond acceptors (Lipinski definition) is 4. The van der Waals surface area contributed by atoms with Crippen LogP contribution in [0.15, 0.2) is 89.8 Å². The zero-order chi connectivity index (χ0) is 18.9. The molecule has 3 heterocycles. The number of carbonyl (C=O) groups excluding carboxylic acids is 1. The Morgan fingerprint density at radius 1 is 1.00 bits per heavy atom. The standard InChI is InChI=1S/C22H18N4O2/c27-22-19-10-4-5-11-20(19)24-21(25(22)15-18-9-6-12-28-18)16-13-23-26(14-16)17-7-2-1-3-8-17/h1-14,21,24H,15H2. The van der Waals surface area contributed by atoms with Crippen LogP contribution in [0.1, 0.15) is 27.8 Å². The molecule has 0 saturated carbocycles. The van der Waals surface area contributed by atoms with Crippen molar-refractivity contribution in [3.05, 3.63) is 102 Å². The highest BCUT2D eigenvalue weighted by Crippen LogP contribution is 2.34. The van der Waals surface area contributed by atoms with Crippen molar-refractivity contribution in [1.82, 2.24) is 14.7 Å². The van der Waals surface area contributed by atoms with Gasteiger partial charge in [-0.05, 0) is 36.4 Å². The van der Waals surface area contributed by atoms with Crippen molar-refractivity contribution >= 4 is 11.6 Å². The number of furan rings is 1. The van der Waals surface area contributed by atoms with Crippen LogP contribution in [0.5, 0.6) is 0 Å². The average Bonchev–Trinajstić information content (AvgIpc) is 3.43. The number of amides is 1. The van der Waals surface area contributed by atoms with Gasteiger partial charge in [-0.15, -0.1) is 0 Å². The second-order valence-electron chi connectivity index (χ2n) is 6.66. The Labute approximate surface area is 162 Å². The molecule has 6 nitrogen and oxygen atoms in total. The predicted octanol–water partition coefficient (Wildman–Crippen LogP) is 4.23. The van der Waals surface area contributed by atoms with E-state index in [0.29, 0.717) is 12.1 Å². The molecule has 1 atom stereocenters. The maximum absolute atomic E-state index is 13.2. The Morgan fingerprint density at radius 2 is 1.82 bits per heavy atom. The first-order chi connectivity index (χ1) is 13.8. The number of benzene rings is 2. The number of para-hydroxylation sites is 2. The quantitative estimate of drug-likeness (QED) is 0.584. The number of nitrogens with zero attached hydrogens (tertiary/aromatic N) is 3. The molecule has 1 aliphatic rings. The molecule has 0 radical (unpaired) electrons. The number of fused-ring (bicyclic) bond motifs is 1. The summed E-state index contributed by atoms with van der Waals surface area (Å²) in [7, 11) is 0. The lowest BCUT2D eigenvalue weighted by atomic mass is 10.1. The van der Waals surface area contributed by atoms with E-state index in [2.05, 4.69) is 10.4 Å². The molecule has 1 aliphatic heterocycles. The molecule has 0 aliphatic carbocycles. The Hall–Kier alpha value is -3.80. The number of rotatable bonds is 4. The van der Waals surface area contributed by atoms with Gasteiger partial charge in [-0.3, -0.25) is 4.79 Å². The summed E-state index contributed by atoms with van der Waals surface area (Å²) in [5, 5.41) is 7.97. The highest BCUT2D eigenvalue weighted by atomic mass is 16.3. The van der Waals surface area contributed by atoms with Crippen molar-refractivity contribution in [3.63, 3.8) is 0 Å². The van der Waals surface area contributed by atoms with E-state index in [1.807, 2.05) is 77.6 Å². The predicted molar refractivity (Wildman–Crippen MR) is 105 cm³/mol. The average molecular weight is 370 g/mol. The molecule has 4 aromatic rings. The normalized spacial score (nSPS) is 15.9. The fourth-order valence-corrected chi connectivity index (χ4v) is 3.49. The van der Waals surface area contributed by atoms with Gasteiger partial charge in [0.1, 0.15) is 11.9 Å². The van der Waals surface area contributed by atoms with Crippen LogP contribution in [-0.2, 0) is 6.54 Å². The molecule has 0 fully saturated rings. The van der Waals surface area contributed by atoms with Gasteiger partial charge < -0.3 is 14.6 Å². The van der Waals surface area contributed by atoms with Crippen molar-refractivity contribution in [2.75, 3.05) is 5.32 Å². The SMILES string of the molecule is O=C1c2ccccc2NC(c2cnn(-c3ccccc3)c2)N1Cc1ccco1. The van der Waals surface area contributed by atoms with Gasteiger partial charge in [0.15, 0.2) is 0 Å². The van der Waals surface area contributed by atoms with Gasteiger partial charge in [0, 0.05) is 17.4 Å². The third-order valence-corrected chi connectivity index (χ3v) is 4.87. The third kappa shape index (κ3) is 2.85. The number of anilines is 1. The number of aromatic nitrogens is 2. The van der Waals surface area contributed by atoms with Crippen LogP contribution in [0, 0.1) is 0 Å². The lowest BCUT2D eigenvalue weighted by Crippen LogP contribution is -2.42. The summed E-state index contributed by atoms with van der Waals surface area (Å²) < 4.78 is 7.30. The fraction of sp³-hybridized carbons (Fsp3) is 0.0909. The molecule has 2 aromatic heterocycles. The minimum absolute atomic E-state index is 0.0387. The summed E-state index contributed by atoms with van der Waals surface area (Å²) in [6.07, 6.45) is 5.02. The smallest absolute Gasteiger partial charge is 0.258 e. The molecule has 5 rings (SSSR count). The second kappa shape index (κ2) is 6.74. The van der Waals surface area contributed by atoms with Crippen LogP contribution >= 0.6 is 0 Å². The second-order valence-corrected chi connectivity index (χ2v) is 6.66. The van der Waals surface area contributed by atoms with E-state index in [4.69, 9.17) is 4.42 Å². The van der Waals surface area contributed by atoms with Crippen LogP contribution in [-0.4, -0.2) is 20.6 Å². The molecule has 1 unspecified atom stereocenters. The van der Waals surface area contributed by atoms with Gasteiger partial charge in [0.2, 0.25) is 0 Å². The molecule has 0 spiro atoms. The van der Waals surface area contributed by atoms with Crippen molar-refractivity contribution in [1.29, 1.82) is 0 Å². The molecule has 138 valence electrons. The number of nitrogens with one attached hydrogen (secondary N) is 1. The highest BCUT2D eigenvalue weighted by molar-refractivity contribution is 6.01. The third-order valence-electron chi connectivity index (χ3n) is 4.87. The van der Waals surface area contributed by atoms with Crippen LogP contribution in [0.25, 0.3) is 5.69 Å². The summed E-state index contributed by atoms with van der Waals surface area (Å²) in [5.74, 6) is 0.693. The van der Waals surface area contributed by atoms with Crippen molar-refractivity contribution in [3.8, 4) is 5.69 Å². The van der Waals surface area contributed by atoms with E-state index in [9.17, 15) is 4.79 Å². The van der Waals surface area contributed by atoms with Gasteiger partial charge in [-0.1, -0.05) is 30.3 Å². The molecular weight excluding hydrogens is 352 g/mol. The van der Waals surface area contributed by atoms with E-state index in [1.165, 1.54) is 0 Å². The van der Waals surface area contributed by atoms with Gasteiger partial charge in [-0.25, -0.2) is 4.68 Å². The molecule has 1 amide bonds. The number of hydrogen-bond donors (Lipinski definition) is 1. The Bertz CT molecular complexity index is 1100. The fourth-order valence-electron chi connectivity index (χ4n) is 3.49. The maximum Gasteiger partial charge on any atom is 0.258 e. The topological polar surface area (TPSA) is 63.3 Å². The van der Waals surface area contributed by atoms with Crippen LogP contribution in [0.2, 0.25) is 0 Å². The van der Waals surface area contributed by atoms with Gasteiger partial charge in [-0.2, -0.15) is 5.10 Å². The molecule has 0 bridgehead atoms. The van der Waals surface area contributed by atoms with E-state index >= 15 is 0 Å². The number of carbonyl (C=O) groups is 1. The molecule has 6 heteroatoms. The van der Waals surface area contributed by atoms with Crippen LogP contribution in [0.4, 0.5) is 5.69 Å². The molecule has 0 saturated heterocycles. The Kier molecular flexibility index (Phi) is 3.94. The maximum atomic E-state index is 13.2. The molecule has 28 heavy (non-hydrogen) atoms. The molecular formula is C22H18N4O2. The summed E-state index contributed by atoms with van der Waals surface area (Å²) >= 11 is 0. The van der Waals surface area contributed by atoms with E-state index < -0.39 is 0 Å². The minimum Gasteiger partial charge on any atom is -0.467 e. The lowest BCUT2D eigenvalue weighted by molar-refractivity contribution is 0.0651. The first-order valence-corrected chi connectivity index (χ1v) is 9.08. The monoisotopic (exact) mass is 370 g/mol. The Morgan fingerprint density at radius 3 is 2.64 bits per heavy atom. The van der Waals surface area contributed by atoms with E-state index in [0.717, 1.165) is 22.7 Å². The zero-order valence-corrected chi connectivity index (χ0v) is 15.0. The van der Waals surface area contributed by atoms with Crippen LogP contribution < -0.4 is 5.32 Å². The molecule has 1 N–H and O–H groups in total. The van der Waals surface area contributed by atoms with Gasteiger partial charge >= 0.3 is 0 Å². The highest BCUT2D eigenvalue weighted by Gasteiger charge is 2.34.